The standard InChI is InChI=1S/C27H28N2O5/c1-5-32-25-15-21(9-13-24(25)34-27(31)22-10-6-18(2)7-11-22)16-28-29-26(30)17-33-23-12-8-19(3)20(4)14-23/h6-16H,5,17H2,1-4H3,(H,29,30)/b28-16-. The zero-order valence-corrected chi connectivity index (χ0v) is 19.8. The van der Waals surface area contributed by atoms with Crippen LogP contribution >= 0.6 is 0 Å². The first-order chi connectivity index (χ1) is 16.4. The van der Waals surface area contributed by atoms with Crippen molar-refractivity contribution in [3.05, 3.63) is 88.5 Å². The molecule has 0 radical (unpaired) electrons. The zero-order valence-electron chi connectivity index (χ0n) is 19.8. The minimum absolute atomic E-state index is 0.155. The summed E-state index contributed by atoms with van der Waals surface area (Å²) in [5.74, 6) is 0.465. The van der Waals surface area contributed by atoms with E-state index in [4.69, 9.17) is 14.2 Å². The number of benzene rings is 3. The van der Waals surface area contributed by atoms with Gasteiger partial charge in [0.1, 0.15) is 5.75 Å². The number of rotatable bonds is 9. The summed E-state index contributed by atoms with van der Waals surface area (Å²) in [4.78, 5) is 24.5. The normalized spacial score (nSPS) is 10.7. The van der Waals surface area contributed by atoms with Gasteiger partial charge in [0, 0.05) is 0 Å². The van der Waals surface area contributed by atoms with Crippen LogP contribution in [-0.4, -0.2) is 31.3 Å². The van der Waals surface area contributed by atoms with Crippen LogP contribution in [0, 0.1) is 20.8 Å². The van der Waals surface area contributed by atoms with Gasteiger partial charge in [0.2, 0.25) is 0 Å². The Morgan fingerprint density at radius 3 is 2.35 bits per heavy atom. The van der Waals surface area contributed by atoms with Crippen LogP contribution in [0.5, 0.6) is 17.2 Å². The molecule has 0 saturated carbocycles. The van der Waals surface area contributed by atoms with Crippen molar-refractivity contribution >= 4 is 18.1 Å². The lowest BCUT2D eigenvalue weighted by atomic mass is 10.1. The molecule has 3 aromatic carbocycles. The molecule has 0 bridgehead atoms. The fraction of sp³-hybridized carbons (Fsp3) is 0.222. The van der Waals surface area contributed by atoms with Gasteiger partial charge in [0.15, 0.2) is 18.1 Å². The maximum atomic E-state index is 12.4. The molecule has 3 aromatic rings. The van der Waals surface area contributed by atoms with E-state index in [0.29, 0.717) is 35.0 Å². The van der Waals surface area contributed by atoms with Gasteiger partial charge in [-0.15, -0.1) is 0 Å². The lowest BCUT2D eigenvalue weighted by Crippen LogP contribution is -2.24. The SMILES string of the molecule is CCOc1cc(/C=N\NC(=O)COc2ccc(C)c(C)c2)ccc1OC(=O)c1ccc(C)cc1. The van der Waals surface area contributed by atoms with Gasteiger partial charge in [-0.05, 0) is 86.8 Å². The summed E-state index contributed by atoms with van der Waals surface area (Å²) < 4.78 is 16.6. The van der Waals surface area contributed by atoms with Crippen LogP contribution in [0.15, 0.2) is 65.8 Å². The molecule has 0 aromatic heterocycles. The Kier molecular flexibility index (Phi) is 8.40. The maximum absolute atomic E-state index is 12.4. The first-order valence-electron chi connectivity index (χ1n) is 10.9. The average molecular weight is 461 g/mol. The lowest BCUT2D eigenvalue weighted by Gasteiger charge is -2.11. The van der Waals surface area contributed by atoms with Crippen molar-refractivity contribution in [3.8, 4) is 17.2 Å². The van der Waals surface area contributed by atoms with E-state index in [-0.39, 0.29) is 12.5 Å². The molecule has 0 atom stereocenters. The summed E-state index contributed by atoms with van der Waals surface area (Å²) in [7, 11) is 0. The minimum atomic E-state index is -0.474. The van der Waals surface area contributed by atoms with E-state index < -0.39 is 5.97 Å². The van der Waals surface area contributed by atoms with Crippen molar-refractivity contribution in [1.82, 2.24) is 5.43 Å². The van der Waals surface area contributed by atoms with E-state index in [2.05, 4.69) is 10.5 Å². The molecule has 0 saturated heterocycles. The number of carbonyl (C=O) groups excluding carboxylic acids is 2. The van der Waals surface area contributed by atoms with Crippen molar-refractivity contribution in [2.24, 2.45) is 5.10 Å². The van der Waals surface area contributed by atoms with E-state index in [1.54, 1.807) is 30.3 Å². The molecule has 34 heavy (non-hydrogen) atoms. The topological polar surface area (TPSA) is 86.2 Å². The Balaban J connectivity index is 1.59. The lowest BCUT2D eigenvalue weighted by molar-refractivity contribution is -0.123. The summed E-state index contributed by atoms with van der Waals surface area (Å²) in [6, 6.07) is 17.8. The smallest absolute Gasteiger partial charge is 0.343 e. The molecule has 7 heteroatoms. The fourth-order valence-electron chi connectivity index (χ4n) is 2.97. The molecule has 0 spiro atoms. The second-order valence-corrected chi connectivity index (χ2v) is 7.72. The summed E-state index contributed by atoms with van der Waals surface area (Å²) in [6.07, 6.45) is 1.47. The molecule has 176 valence electrons. The van der Waals surface area contributed by atoms with Gasteiger partial charge < -0.3 is 14.2 Å². The Labute approximate surface area is 199 Å². The molecule has 3 rings (SSSR count). The van der Waals surface area contributed by atoms with Gasteiger partial charge in [-0.1, -0.05) is 23.8 Å². The first-order valence-corrected chi connectivity index (χ1v) is 10.9. The highest BCUT2D eigenvalue weighted by Crippen LogP contribution is 2.29. The molecular formula is C27H28N2O5. The summed E-state index contributed by atoms with van der Waals surface area (Å²) >= 11 is 0. The number of esters is 1. The van der Waals surface area contributed by atoms with Gasteiger partial charge in [-0.2, -0.15) is 5.10 Å². The Morgan fingerprint density at radius 2 is 1.65 bits per heavy atom. The number of ether oxygens (including phenoxy) is 3. The fourth-order valence-corrected chi connectivity index (χ4v) is 2.97. The number of hydrogen-bond donors (Lipinski definition) is 1. The highest BCUT2D eigenvalue weighted by molar-refractivity contribution is 5.91. The molecule has 0 aliphatic heterocycles. The third-order valence-corrected chi connectivity index (χ3v) is 5.01. The molecule has 0 fully saturated rings. The van der Waals surface area contributed by atoms with E-state index in [1.807, 2.05) is 58.0 Å². The monoisotopic (exact) mass is 460 g/mol. The van der Waals surface area contributed by atoms with Crippen molar-refractivity contribution in [2.45, 2.75) is 27.7 Å². The highest BCUT2D eigenvalue weighted by Gasteiger charge is 2.13. The number of carbonyl (C=O) groups is 2. The average Bonchev–Trinajstić information content (AvgIpc) is 2.82. The maximum Gasteiger partial charge on any atom is 0.343 e. The minimum Gasteiger partial charge on any atom is -0.490 e. The van der Waals surface area contributed by atoms with Gasteiger partial charge in [0.25, 0.3) is 5.91 Å². The number of nitrogens with zero attached hydrogens (tertiary/aromatic N) is 1. The second kappa shape index (κ2) is 11.7. The quantitative estimate of drug-likeness (QED) is 0.215. The van der Waals surface area contributed by atoms with Crippen LogP contribution in [0.1, 0.15) is 39.5 Å². The van der Waals surface area contributed by atoms with Crippen LogP contribution in [0.3, 0.4) is 0 Å². The second-order valence-electron chi connectivity index (χ2n) is 7.72. The van der Waals surface area contributed by atoms with Crippen molar-refractivity contribution < 1.29 is 23.8 Å². The number of amides is 1. The van der Waals surface area contributed by atoms with Crippen LogP contribution in [0.4, 0.5) is 0 Å². The van der Waals surface area contributed by atoms with Crippen molar-refractivity contribution in [2.75, 3.05) is 13.2 Å². The van der Waals surface area contributed by atoms with Gasteiger partial charge in [0.05, 0.1) is 18.4 Å². The van der Waals surface area contributed by atoms with Crippen LogP contribution in [0.2, 0.25) is 0 Å². The predicted octanol–water partition coefficient (Wildman–Crippen LogP) is 4.76. The van der Waals surface area contributed by atoms with Crippen LogP contribution in [0.25, 0.3) is 0 Å². The van der Waals surface area contributed by atoms with Gasteiger partial charge in [-0.25, -0.2) is 10.2 Å². The Morgan fingerprint density at radius 1 is 0.882 bits per heavy atom. The predicted molar refractivity (Wildman–Crippen MR) is 131 cm³/mol. The van der Waals surface area contributed by atoms with Crippen molar-refractivity contribution in [1.29, 1.82) is 0 Å². The van der Waals surface area contributed by atoms with E-state index in [0.717, 1.165) is 16.7 Å². The van der Waals surface area contributed by atoms with E-state index in [1.165, 1.54) is 6.21 Å². The third kappa shape index (κ3) is 6.93. The molecular weight excluding hydrogens is 432 g/mol. The Hall–Kier alpha value is -4.13. The third-order valence-electron chi connectivity index (χ3n) is 5.01. The molecule has 7 nitrogen and oxygen atoms in total. The number of nitrogens with one attached hydrogen (secondary N) is 1. The van der Waals surface area contributed by atoms with E-state index in [9.17, 15) is 9.59 Å². The van der Waals surface area contributed by atoms with Crippen LogP contribution < -0.4 is 19.6 Å². The summed E-state index contributed by atoms with van der Waals surface area (Å²) in [5.41, 5.74) is 6.84. The van der Waals surface area contributed by atoms with Crippen molar-refractivity contribution in [3.63, 3.8) is 0 Å². The first kappa shape index (κ1) is 24.5. The number of hydrazone groups is 1. The molecule has 0 aliphatic carbocycles. The summed E-state index contributed by atoms with van der Waals surface area (Å²) in [5, 5.41) is 3.97. The van der Waals surface area contributed by atoms with E-state index >= 15 is 0 Å². The van der Waals surface area contributed by atoms with Crippen LogP contribution in [-0.2, 0) is 4.79 Å². The van der Waals surface area contributed by atoms with Gasteiger partial charge >= 0.3 is 5.97 Å². The summed E-state index contributed by atoms with van der Waals surface area (Å²) in [6.45, 7) is 8.01. The molecule has 1 N–H and O–H groups in total. The molecule has 1 amide bonds. The van der Waals surface area contributed by atoms with Gasteiger partial charge in [-0.3, -0.25) is 4.79 Å². The molecule has 0 heterocycles. The Bertz CT molecular complexity index is 1190. The zero-order chi connectivity index (χ0) is 24.5. The largest absolute Gasteiger partial charge is 0.490 e. The molecule has 0 aliphatic rings. The number of aryl methyl sites for hydroxylation is 3. The molecule has 0 unspecified atom stereocenters. The number of hydrogen-bond acceptors (Lipinski definition) is 6. The highest BCUT2D eigenvalue weighted by atomic mass is 16.6.